The number of benzene rings is 3. The summed E-state index contributed by atoms with van der Waals surface area (Å²) in [6.07, 6.45) is 0.206. The number of fused-ring (bicyclic) bond motifs is 1. The first kappa shape index (κ1) is 16.1. The van der Waals surface area contributed by atoms with Gasteiger partial charge in [0, 0.05) is 11.6 Å². The summed E-state index contributed by atoms with van der Waals surface area (Å²) >= 11 is 0. The van der Waals surface area contributed by atoms with Gasteiger partial charge in [-0.25, -0.2) is 8.78 Å². The van der Waals surface area contributed by atoms with Crippen molar-refractivity contribution in [2.75, 3.05) is 0 Å². The van der Waals surface area contributed by atoms with E-state index in [-0.39, 0.29) is 17.9 Å². The Morgan fingerprint density at radius 2 is 1.75 bits per heavy atom. The summed E-state index contributed by atoms with van der Waals surface area (Å²) in [5, 5.41) is 4.94. The summed E-state index contributed by atoms with van der Waals surface area (Å²) in [4.78, 5) is 12.2. The topological polar surface area (TPSA) is 29.1 Å². The smallest absolute Gasteiger partial charge is 0.224 e. The second-order valence-corrected chi connectivity index (χ2v) is 5.81. The van der Waals surface area contributed by atoms with E-state index in [2.05, 4.69) is 5.32 Å². The highest BCUT2D eigenvalue weighted by Gasteiger charge is 2.14. The van der Waals surface area contributed by atoms with Gasteiger partial charge in [-0.1, -0.05) is 48.5 Å². The third kappa shape index (κ3) is 3.59. The molecule has 1 amide bonds. The number of hydrogen-bond donors (Lipinski definition) is 1. The van der Waals surface area contributed by atoms with Crippen molar-refractivity contribution in [3.8, 4) is 0 Å². The van der Waals surface area contributed by atoms with Gasteiger partial charge in [-0.2, -0.15) is 0 Å². The summed E-state index contributed by atoms with van der Waals surface area (Å²) in [6, 6.07) is 16.6. The average molecular weight is 325 g/mol. The number of rotatable bonds is 4. The molecule has 0 unspecified atom stereocenters. The van der Waals surface area contributed by atoms with Crippen LogP contribution >= 0.6 is 0 Å². The number of halogens is 2. The first-order chi connectivity index (χ1) is 11.5. The molecule has 4 heteroatoms. The van der Waals surface area contributed by atoms with E-state index in [0.717, 1.165) is 22.4 Å². The molecule has 122 valence electrons. The van der Waals surface area contributed by atoms with Crippen molar-refractivity contribution in [2.24, 2.45) is 0 Å². The maximum Gasteiger partial charge on any atom is 0.224 e. The van der Waals surface area contributed by atoms with E-state index in [1.54, 1.807) is 6.92 Å². The fourth-order valence-corrected chi connectivity index (χ4v) is 2.76. The van der Waals surface area contributed by atoms with Gasteiger partial charge in [0.05, 0.1) is 12.5 Å². The van der Waals surface area contributed by atoms with Gasteiger partial charge in [-0.05, 0) is 29.3 Å². The van der Waals surface area contributed by atoms with Gasteiger partial charge in [0.2, 0.25) is 5.91 Å². The van der Waals surface area contributed by atoms with Crippen LogP contribution in [0.3, 0.4) is 0 Å². The fourth-order valence-electron chi connectivity index (χ4n) is 2.76. The highest BCUT2D eigenvalue weighted by atomic mass is 19.1. The second kappa shape index (κ2) is 6.79. The Hall–Kier alpha value is -2.75. The van der Waals surface area contributed by atoms with Gasteiger partial charge >= 0.3 is 0 Å². The van der Waals surface area contributed by atoms with Crippen LogP contribution < -0.4 is 5.32 Å². The van der Waals surface area contributed by atoms with E-state index < -0.39 is 17.7 Å². The van der Waals surface area contributed by atoms with Crippen molar-refractivity contribution in [3.05, 3.63) is 83.4 Å². The zero-order valence-corrected chi connectivity index (χ0v) is 13.2. The largest absolute Gasteiger partial charge is 0.349 e. The predicted molar refractivity (Wildman–Crippen MR) is 90.6 cm³/mol. The van der Waals surface area contributed by atoms with Crippen LogP contribution in [0.15, 0.2) is 60.7 Å². The Labute approximate surface area is 139 Å². The molecule has 0 radical (unpaired) electrons. The monoisotopic (exact) mass is 325 g/mol. The molecule has 3 rings (SSSR count). The molecule has 1 N–H and O–H groups in total. The molecule has 0 aliphatic rings. The number of carbonyl (C=O) groups excluding carboxylic acids is 1. The molecule has 0 aliphatic carbocycles. The van der Waals surface area contributed by atoms with E-state index in [1.807, 2.05) is 42.5 Å². The van der Waals surface area contributed by atoms with E-state index >= 15 is 0 Å². The molecule has 1 atom stereocenters. The van der Waals surface area contributed by atoms with E-state index in [9.17, 15) is 13.6 Å². The quantitative estimate of drug-likeness (QED) is 0.750. The SMILES string of the molecule is C[C@H](NC(=O)Cc1ccc2ccccc2c1)c1ccc(F)cc1F. The minimum atomic E-state index is -0.659. The molecule has 0 aromatic heterocycles. The van der Waals surface area contributed by atoms with Crippen LogP contribution in [0.1, 0.15) is 24.1 Å². The van der Waals surface area contributed by atoms with Crippen molar-refractivity contribution in [1.29, 1.82) is 0 Å². The first-order valence-electron chi connectivity index (χ1n) is 7.75. The van der Waals surface area contributed by atoms with Crippen LogP contribution in [0.25, 0.3) is 10.8 Å². The Balaban J connectivity index is 1.69. The molecule has 2 nitrogen and oxygen atoms in total. The molecule has 24 heavy (non-hydrogen) atoms. The van der Waals surface area contributed by atoms with Crippen molar-refractivity contribution in [3.63, 3.8) is 0 Å². The molecule has 0 heterocycles. The van der Waals surface area contributed by atoms with Gasteiger partial charge in [0.15, 0.2) is 0 Å². The van der Waals surface area contributed by atoms with Crippen LogP contribution in [-0.2, 0) is 11.2 Å². The molecular formula is C20H17F2NO. The molecule has 0 saturated carbocycles. The van der Waals surface area contributed by atoms with Gasteiger partial charge in [-0.3, -0.25) is 4.79 Å². The maximum absolute atomic E-state index is 13.8. The molecule has 0 spiro atoms. The van der Waals surface area contributed by atoms with Crippen LogP contribution in [0.5, 0.6) is 0 Å². The average Bonchev–Trinajstić information content (AvgIpc) is 2.54. The number of hydrogen-bond acceptors (Lipinski definition) is 1. The lowest BCUT2D eigenvalue weighted by Crippen LogP contribution is -2.28. The molecule has 0 fully saturated rings. The Bertz CT molecular complexity index is 892. The summed E-state index contributed by atoms with van der Waals surface area (Å²) in [7, 11) is 0. The standard InChI is InChI=1S/C20H17F2NO/c1-13(18-9-8-17(21)12-19(18)22)23-20(24)11-14-6-7-15-4-2-3-5-16(15)10-14/h2-10,12-13H,11H2,1H3,(H,23,24)/t13-/m0/s1. The molecule has 3 aromatic rings. The van der Waals surface area contributed by atoms with Crippen molar-refractivity contribution < 1.29 is 13.6 Å². The zero-order chi connectivity index (χ0) is 17.1. The Morgan fingerprint density at radius 1 is 1.00 bits per heavy atom. The highest BCUT2D eigenvalue weighted by Crippen LogP contribution is 2.19. The number of amides is 1. The van der Waals surface area contributed by atoms with Crippen molar-refractivity contribution in [1.82, 2.24) is 5.32 Å². The lowest BCUT2D eigenvalue weighted by molar-refractivity contribution is -0.121. The Morgan fingerprint density at radius 3 is 2.50 bits per heavy atom. The van der Waals surface area contributed by atoms with Crippen LogP contribution in [0, 0.1) is 11.6 Å². The lowest BCUT2D eigenvalue weighted by atomic mass is 10.0. The second-order valence-electron chi connectivity index (χ2n) is 5.81. The van der Waals surface area contributed by atoms with Gasteiger partial charge < -0.3 is 5.32 Å². The Kier molecular flexibility index (Phi) is 4.56. The molecular weight excluding hydrogens is 308 g/mol. The predicted octanol–water partition coefficient (Wildman–Crippen LogP) is 4.54. The molecule has 0 bridgehead atoms. The molecule has 3 aromatic carbocycles. The minimum Gasteiger partial charge on any atom is -0.349 e. The van der Waals surface area contributed by atoms with Crippen LogP contribution in [0.4, 0.5) is 8.78 Å². The summed E-state index contributed by atoms with van der Waals surface area (Å²) in [6.45, 7) is 1.68. The normalized spacial score (nSPS) is 12.1. The van der Waals surface area contributed by atoms with Gasteiger partial charge in [0.1, 0.15) is 11.6 Å². The number of carbonyl (C=O) groups is 1. The van der Waals surface area contributed by atoms with Crippen LogP contribution in [-0.4, -0.2) is 5.91 Å². The van der Waals surface area contributed by atoms with E-state index in [4.69, 9.17) is 0 Å². The van der Waals surface area contributed by atoms with Gasteiger partial charge in [-0.15, -0.1) is 0 Å². The van der Waals surface area contributed by atoms with Crippen LogP contribution in [0.2, 0.25) is 0 Å². The third-order valence-corrected chi connectivity index (χ3v) is 3.99. The minimum absolute atomic E-state index is 0.206. The van der Waals surface area contributed by atoms with E-state index in [1.165, 1.54) is 12.1 Å². The summed E-state index contributed by atoms with van der Waals surface area (Å²) in [5.74, 6) is -1.50. The molecule has 0 aliphatic heterocycles. The highest BCUT2D eigenvalue weighted by molar-refractivity contribution is 5.85. The van der Waals surface area contributed by atoms with Crippen molar-refractivity contribution in [2.45, 2.75) is 19.4 Å². The number of nitrogens with one attached hydrogen (secondary N) is 1. The zero-order valence-electron chi connectivity index (χ0n) is 13.2. The molecule has 0 saturated heterocycles. The summed E-state index contributed by atoms with van der Waals surface area (Å²) in [5.41, 5.74) is 1.15. The van der Waals surface area contributed by atoms with E-state index in [0.29, 0.717) is 0 Å². The summed E-state index contributed by atoms with van der Waals surface area (Å²) < 4.78 is 26.7. The fraction of sp³-hybridized carbons (Fsp3) is 0.150. The van der Waals surface area contributed by atoms with Gasteiger partial charge in [0.25, 0.3) is 0 Å². The maximum atomic E-state index is 13.8. The van der Waals surface area contributed by atoms with Crippen molar-refractivity contribution >= 4 is 16.7 Å². The third-order valence-electron chi connectivity index (χ3n) is 3.99. The first-order valence-corrected chi connectivity index (χ1v) is 7.75. The lowest BCUT2D eigenvalue weighted by Gasteiger charge is -2.15.